The second-order valence-electron chi connectivity index (χ2n) is 6.84. The molecule has 1 aromatic rings. The fourth-order valence-corrected chi connectivity index (χ4v) is 2.50. The van der Waals surface area contributed by atoms with E-state index >= 15 is 0 Å². The number of carbonyl (C=O) groups is 1. The number of hydrogen-bond acceptors (Lipinski definition) is 3. The molecule has 0 radical (unpaired) electrons. The van der Waals surface area contributed by atoms with Crippen molar-refractivity contribution in [2.24, 2.45) is 0 Å². The maximum atomic E-state index is 11.7. The Kier molecular flexibility index (Phi) is 3.93. The van der Waals surface area contributed by atoms with Crippen molar-refractivity contribution in [2.75, 3.05) is 0 Å². The van der Waals surface area contributed by atoms with E-state index in [0.717, 1.165) is 5.56 Å². The van der Waals surface area contributed by atoms with Crippen molar-refractivity contribution in [3.05, 3.63) is 35.9 Å². The van der Waals surface area contributed by atoms with Crippen molar-refractivity contribution in [3.63, 3.8) is 0 Å². The van der Waals surface area contributed by atoms with E-state index in [0.29, 0.717) is 0 Å². The molecule has 1 saturated heterocycles. The fourth-order valence-electron chi connectivity index (χ4n) is 2.50. The Labute approximate surface area is 127 Å². The van der Waals surface area contributed by atoms with Gasteiger partial charge in [0, 0.05) is 6.92 Å². The van der Waals surface area contributed by atoms with Crippen LogP contribution in [-0.4, -0.2) is 24.2 Å². The largest absolute Gasteiger partial charge is 0.489 e. The van der Waals surface area contributed by atoms with Crippen molar-refractivity contribution < 1.29 is 14.1 Å². The zero-order valence-corrected chi connectivity index (χ0v) is 13.7. The number of nitrogens with one attached hydrogen (secondary N) is 1. The summed E-state index contributed by atoms with van der Waals surface area (Å²) in [6, 6.07) is 9.78. The van der Waals surface area contributed by atoms with Gasteiger partial charge < -0.3 is 14.6 Å². The third kappa shape index (κ3) is 2.85. The quantitative estimate of drug-likeness (QED) is 0.870. The average Bonchev–Trinajstić information content (AvgIpc) is 2.59. The van der Waals surface area contributed by atoms with Gasteiger partial charge in [0.05, 0.1) is 16.6 Å². The van der Waals surface area contributed by atoms with Gasteiger partial charge in [-0.1, -0.05) is 30.3 Å². The number of carbonyl (C=O) groups excluding carboxylic acids is 1. The molecule has 1 atom stereocenters. The van der Waals surface area contributed by atoms with Gasteiger partial charge in [0.15, 0.2) is 0 Å². The van der Waals surface area contributed by atoms with E-state index in [1.54, 1.807) is 0 Å². The summed E-state index contributed by atoms with van der Waals surface area (Å²) in [5.74, 6) is -0.115. The van der Waals surface area contributed by atoms with E-state index in [-0.39, 0.29) is 5.91 Å². The normalized spacial score (nSPS) is 22.7. The molecule has 1 fully saturated rings. The van der Waals surface area contributed by atoms with E-state index in [1.807, 2.05) is 65.0 Å². The van der Waals surface area contributed by atoms with Crippen LogP contribution in [0.2, 0.25) is 0 Å². The summed E-state index contributed by atoms with van der Waals surface area (Å²) in [7, 11) is -0.547. The molecule has 21 heavy (non-hydrogen) atoms. The minimum absolute atomic E-state index is 0.115. The summed E-state index contributed by atoms with van der Waals surface area (Å²) in [5, 5.41) is 3.00. The van der Waals surface area contributed by atoms with Crippen LogP contribution >= 0.6 is 0 Å². The number of amides is 1. The fraction of sp³-hybridized carbons (Fsp3) is 0.562. The van der Waals surface area contributed by atoms with Gasteiger partial charge >= 0.3 is 7.12 Å². The van der Waals surface area contributed by atoms with Crippen molar-refractivity contribution in [3.8, 4) is 0 Å². The van der Waals surface area contributed by atoms with E-state index < -0.39 is 23.8 Å². The smallest absolute Gasteiger partial charge is 0.401 e. The zero-order chi connectivity index (χ0) is 15.9. The molecule has 1 amide bonds. The summed E-state index contributed by atoms with van der Waals surface area (Å²) in [5.41, 5.74) is -0.657. The molecular weight excluding hydrogens is 265 g/mol. The van der Waals surface area contributed by atoms with Gasteiger partial charge in [-0.05, 0) is 40.2 Å². The molecule has 0 bridgehead atoms. The van der Waals surface area contributed by atoms with Crippen LogP contribution in [0.1, 0.15) is 47.1 Å². The topological polar surface area (TPSA) is 47.6 Å². The molecule has 1 aliphatic heterocycles. The molecule has 1 aliphatic rings. The second kappa shape index (κ2) is 5.14. The Morgan fingerprint density at radius 1 is 1.10 bits per heavy atom. The van der Waals surface area contributed by atoms with Crippen LogP contribution in [0.3, 0.4) is 0 Å². The first-order valence-corrected chi connectivity index (χ1v) is 7.28. The SMILES string of the molecule is CC(=O)NC(C)(B1OC(C)(C)C(C)(C)O1)c1ccccc1. The molecule has 0 aliphatic carbocycles. The number of hydrogen-bond donors (Lipinski definition) is 1. The highest BCUT2D eigenvalue weighted by Gasteiger charge is 2.59. The minimum atomic E-state index is -0.738. The van der Waals surface area contributed by atoms with Crippen molar-refractivity contribution in [1.82, 2.24) is 5.32 Å². The van der Waals surface area contributed by atoms with Crippen LogP contribution in [0.5, 0.6) is 0 Å². The molecular formula is C16H24BNO3. The van der Waals surface area contributed by atoms with Crippen LogP contribution in [0.4, 0.5) is 0 Å². The molecule has 1 N–H and O–H groups in total. The predicted octanol–water partition coefficient (Wildman–Crippen LogP) is 2.67. The molecule has 1 heterocycles. The van der Waals surface area contributed by atoms with E-state index in [9.17, 15) is 4.79 Å². The maximum Gasteiger partial charge on any atom is 0.489 e. The van der Waals surface area contributed by atoms with Crippen LogP contribution in [-0.2, 0) is 19.5 Å². The number of rotatable bonds is 3. The van der Waals surface area contributed by atoms with Crippen LogP contribution in [0, 0.1) is 0 Å². The maximum absolute atomic E-state index is 11.7. The first-order chi connectivity index (χ1) is 9.58. The first kappa shape index (κ1) is 16.1. The Hall–Kier alpha value is -1.33. The molecule has 0 spiro atoms. The van der Waals surface area contributed by atoms with Gasteiger partial charge in [-0.15, -0.1) is 0 Å². The van der Waals surface area contributed by atoms with Crippen molar-refractivity contribution >= 4 is 13.0 Å². The van der Waals surface area contributed by atoms with Crippen LogP contribution in [0.25, 0.3) is 0 Å². The Bertz CT molecular complexity index is 514. The molecule has 114 valence electrons. The summed E-state index contributed by atoms with van der Waals surface area (Å²) in [6.07, 6.45) is 0. The average molecular weight is 289 g/mol. The molecule has 1 unspecified atom stereocenters. The lowest BCUT2D eigenvalue weighted by atomic mass is 9.61. The van der Waals surface area contributed by atoms with Gasteiger partial charge in [-0.2, -0.15) is 0 Å². The Morgan fingerprint density at radius 2 is 1.57 bits per heavy atom. The van der Waals surface area contributed by atoms with E-state index in [2.05, 4.69) is 5.32 Å². The third-order valence-corrected chi connectivity index (χ3v) is 4.53. The molecule has 0 saturated carbocycles. The van der Waals surface area contributed by atoms with E-state index in [4.69, 9.17) is 9.31 Å². The molecule has 1 aromatic carbocycles. The Balaban J connectivity index is 2.41. The monoisotopic (exact) mass is 289 g/mol. The van der Waals surface area contributed by atoms with Crippen molar-refractivity contribution in [2.45, 2.75) is 58.2 Å². The minimum Gasteiger partial charge on any atom is -0.401 e. The molecule has 4 nitrogen and oxygen atoms in total. The standard InChI is InChI=1S/C16H24BNO3/c1-12(19)18-16(6,13-10-8-7-9-11-13)17-20-14(2,3)15(4,5)21-17/h7-11H,1-6H3,(H,18,19). The lowest BCUT2D eigenvalue weighted by Crippen LogP contribution is -2.55. The van der Waals surface area contributed by atoms with Crippen LogP contribution in [0.15, 0.2) is 30.3 Å². The van der Waals surface area contributed by atoms with Gasteiger partial charge in [0.25, 0.3) is 0 Å². The summed E-state index contributed by atoms with van der Waals surface area (Å²) in [4.78, 5) is 11.7. The van der Waals surface area contributed by atoms with Gasteiger partial charge in [-0.3, -0.25) is 4.79 Å². The zero-order valence-electron chi connectivity index (χ0n) is 13.7. The highest BCUT2D eigenvalue weighted by Crippen LogP contribution is 2.42. The summed E-state index contributed by atoms with van der Waals surface area (Å²) < 4.78 is 12.3. The lowest BCUT2D eigenvalue weighted by molar-refractivity contribution is -0.120. The lowest BCUT2D eigenvalue weighted by Gasteiger charge is -2.32. The highest BCUT2D eigenvalue weighted by atomic mass is 16.7. The predicted molar refractivity (Wildman–Crippen MR) is 83.7 cm³/mol. The van der Waals surface area contributed by atoms with Gasteiger partial charge in [0.1, 0.15) is 0 Å². The summed E-state index contributed by atoms with van der Waals surface area (Å²) >= 11 is 0. The molecule has 0 aromatic heterocycles. The Morgan fingerprint density at radius 3 is 2.00 bits per heavy atom. The first-order valence-electron chi connectivity index (χ1n) is 7.28. The van der Waals surface area contributed by atoms with Crippen LogP contribution < -0.4 is 5.32 Å². The van der Waals surface area contributed by atoms with Gasteiger partial charge in [0.2, 0.25) is 5.91 Å². The number of benzene rings is 1. The van der Waals surface area contributed by atoms with Crippen molar-refractivity contribution in [1.29, 1.82) is 0 Å². The molecule has 5 heteroatoms. The molecule has 2 rings (SSSR count). The summed E-state index contributed by atoms with van der Waals surface area (Å²) in [6.45, 7) is 11.5. The van der Waals surface area contributed by atoms with E-state index in [1.165, 1.54) is 6.92 Å². The highest BCUT2D eigenvalue weighted by molar-refractivity contribution is 6.50. The second-order valence-corrected chi connectivity index (χ2v) is 6.84. The van der Waals surface area contributed by atoms with Gasteiger partial charge in [-0.25, -0.2) is 0 Å². The third-order valence-electron chi connectivity index (χ3n) is 4.53.